The van der Waals surface area contributed by atoms with Gasteiger partial charge in [0.2, 0.25) is 0 Å². The average Bonchev–Trinajstić information content (AvgIpc) is 2.73. The summed E-state index contributed by atoms with van der Waals surface area (Å²) >= 11 is 0.0484. The SMILES string of the molecule is Cc1ccc([Te])cc1.c1cc[c]([Sn]([c]2ccccc2)[c]2ccccc2)cc1. The first kappa shape index (κ1) is 20.2. The van der Waals surface area contributed by atoms with Crippen LogP contribution in [0.25, 0.3) is 0 Å². The van der Waals surface area contributed by atoms with Crippen molar-refractivity contribution in [3.05, 3.63) is 121 Å². The third kappa shape index (κ3) is 6.25. The van der Waals surface area contributed by atoms with Crippen LogP contribution in [0.15, 0.2) is 115 Å². The number of hydrogen-bond acceptors (Lipinski definition) is 0. The van der Waals surface area contributed by atoms with Crippen LogP contribution < -0.4 is 14.3 Å². The summed E-state index contributed by atoms with van der Waals surface area (Å²) in [6, 6.07) is 41.4. The zero-order valence-electron chi connectivity index (χ0n) is 15.4. The molecule has 0 fully saturated rings. The van der Waals surface area contributed by atoms with E-state index in [9.17, 15) is 0 Å². The monoisotopic (exact) mass is 572 g/mol. The van der Waals surface area contributed by atoms with Gasteiger partial charge in [-0.1, -0.05) is 0 Å². The van der Waals surface area contributed by atoms with Gasteiger partial charge >= 0.3 is 184 Å². The van der Waals surface area contributed by atoms with Crippen LogP contribution in [0.4, 0.5) is 0 Å². The Labute approximate surface area is 182 Å². The second-order valence-electron chi connectivity index (χ2n) is 6.29. The summed E-state index contributed by atoms with van der Waals surface area (Å²) < 4.78 is 5.93. The average molecular weight is 569 g/mol. The van der Waals surface area contributed by atoms with E-state index in [1.54, 1.807) is 0 Å². The molecule has 4 aromatic carbocycles. The van der Waals surface area contributed by atoms with Gasteiger partial charge in [-0.3, -0.25) is 0 Å². The zero-order chi connectivity index (χ0) is 18.9. The fraction of sp³-hybridized carbons (Fsp3) is 0.0400. The van der Waals surface area contributed by atoms with Crippen LogP contribution in [-0.2, 0) is 0 Å². The van der Waals surface area contributed by atoms with Gasteiger partial charge in [0.1, 0.15) is 0 Å². The molecule has 0 atom stereocenters. The van der Waals surface area contributed by atoms with Gasteiger partial charge in [-0.25, -0.2) is 0 Å². The van der Waals surface area contributed by atoms with Crippen LogP contribution >= 0.6 is 0 Å². The first-order chi connectivity index (χ1) is 13.2. The van der Waals surface area contributed by atoms with Crippen LogP contribution in [-0.4, -0.2) is 42.1 Å². The van der Waals surface area contributed by atoms with Crippen LogP contribution in [0.5, 0.6) is 0 Å². The molecule has 0 aliphatic carbocycles. The van der Waals surface area contributed by atoms with Crippen LogP contribution in [0, 0.1) is 6.92 Å². The van der Waals surface area contributed by atoms with E-state index < -0.39 is 19.8 Å². The summed E-state index contributed by atoms with van der Waals surface area (Å²) in [6.45, 7) is 2.10. The molecule has 2 heteroatoms. The molecule has 0 aliphatic heterocycles. The Hall–Kier alpha value is -1.53. The fourth-order valence-electron chi connectivity index (χ4n) is 2.85. The Morgan fingerprint density at radius 1 is 0.481 bits per heavy atom. The summed E-state index contributed by atoms with van der Waals surface area (Å²) in [5.41, 5.74) is 1.33. The molecular formula is C25H22SnTe. The van der Waals surface area contributed by atoms with E-state index in [-0.39, 0.29) is 0 Å². The van der Waals surface area contributed by atoms with Crippen molar-refractivity contribution >= 4 is 56.4 Å². The van der Waals surface area contributed by atoms with Crippen molar-refractivity contribution < 1.29 is 0 Å². The third-order valence-electron chi connectivity index (χ3n) is 4.21. The Morgan fingerprint density at radius 2 is 0.815 bits per heavy atom. The minimum absolute atomic E-state index is 1.33. The molecule has 0 saturated carbocycles. The van der Waals surface area contributed by atoms with E-state index in [4.69, 9.17) is 0 Å². The predicted octanol–water partition coefficient (Wildman–Crippen LogP) is 2.99. The quantitative estimate of drug-likeness (QED) is 0.334. The van der Waals surface area contributed by atoms with Crippen LogP contribution in [0.2, 0.25) is 0 Å². The molecule has 132 valence electrons. The predicted molar refractivity (Wildman–Crippen MR) is 121 cm³/mol. The van der Waals surface area contributed by atoms with E-state index >= 15 is 0 Å². The third-order valence-corrected chi connectivity index (χ3v) is 12.8. The van der Waals surface area contributed by atoms with Gasteiger partial charge in [0, 0.05) is 0 Å². The van der Waals surface area contributed by atoms with Crippen molar-refractivity contribution in [1.29, 1.82) is 0 Å². The molecule has 0 aliphatic rings. The van der Waals surface area contributed by atoms with Crippen LogP contribution in [0.1, 0.15) is 5.56 Å². The zero-order valence-corrected chi connectivity index (χ0v) is 20.6. The molecule has 4 rings (SSSR count). The second kappa shape index (κ2) is 10.7. The Balaban J connectivity index is 0.000000221. The van der Waals surface area contributed by atoms with E-state index in [1.807, 2.05) is 22.3 Å². The molecule has 0 bridgehead atoms. The summed E-state index contributed by atoms with van der Waals surface area (Å²) in [6.07, 6.45) is 0. The van der Waals surface area contributed by atoms with Crippen molar-refractivity contribution in [1.82, 2.24) is 0 Å². The van der Waals surface area contributed by atoms with Crippen molar-refractivity contribution in [2.75, 3.05) is 0 Å². The minimum atomic E-state index is -1.98. The first-order valence-electron chi connectivity index (χ1n) is 9.01. The molecule has 0 nitrogen and oxygen atoms in total. The van der Waals surface area contributed by atoms with Gasteiger partial charge < -0.3 is 0 Å². The summed E-state index contributed by atoms with van der Waals surface area (Å²) in [5.74, 6) is 0. The van der Waals surface area contributed by atoms with E-state index in [0.29, 0.717) is 0 Å². The molecule has 27 heavy (non-hydrogen) atoms. The fourth-order valence-corrected chi connectivity index (χ4v) is 10.6. The number of rotatable bonds is 3. The maximum absolute atomic E-state index is 2.29. The van der Waals surface area contributed by atoms with Gasteiger partial charge in [-0.2, -0.15) is 0 Å². The normalized spacial score (nSPS) is 10.1. The molecule has 0 unspecified atom stereocenters. The number of aryl methyl sites for hydroxylation is 1. The van der Waals surface area contributed by atoms with E-state index in [2.05, 4.69) is 122 Å². The van der Waals surface area contributed by atoms with Crippen LogP contribution in [0.3, 0.4) is 0 Å². The van der Waals surface area contributed by atoms with E-state index in [1.165, 1.54) is 19.9 Å². The molecule has 4 aromatic rings. The van der Waals surface area contributed by atoms with Gasteiger partial charge in [0.25, 0.3) is 0 Å². The Morgan fingerprint density at radius 3 is 1.11 bits per heavy atom. The standard InChI is InChI=1S/C7H7Te.3C6H5.Sn/c1-6-2-4-7(8)5-3-6;3*1-2-4-6-5-3-1;/h2-5H,1H3;3*1-5H;. The first-order valence-corrected chi connectivity index (χ1v) is 14.5. The number of hydrogen-bond donors (Lipinski definition) is 0. The topological polar surface area (TPSA) is 0 Å². The molecule has 0 aromatic heterocycles. The molecule has 0 saturated heterocycles. The molecule has 0 heterocycles. The molecule has 0 N–H and O–H groups in total. The van der Waals surface area contributed by atoms with Gasteiger partial charge in [0.05, 0.1) is 0 Å². The van der Waals surface area contributed by atoms with Crippen molar-refractivity contribution in [2.45, 2.75) is 6.92 Å². The Bertz CT molecular complexity index is 805. The van der Waals surface area contributed by atoms with Crippen molar-refractivity contribution in [3.63, 3.8) is 0 Å². The van der Waals surface area contributed by atoms with Gasteiger partial charge in [-0.15, -0.1) is 0 Å². The summed E-state index contributed by atoms with van der Waals surface area (Å²) in [7, 11) is 0. The summed E-state index contributed by atoms with van der Waals surface area (Å²) in [5, 5.41) is 0. The Kier molecular flexibility index (Phi) is 8.02. The van der Waals surface area contributed by atoms with Gasteiger partial charge in [-0.05, 0) is 0 Å². The number of benzene rings is 4. The second-order valence-corrected chi connectivity index (χ2v) is 14.7. The summed E-state index contributed by atoms with van der Waals surface area (Å²) in [4.78, 5) is 0. The molecular weight excluding hydrogens is 547 g/mol. The molecule has 0 amide bonds. The molecule has 2 radical (unpaired) electrons. The maximum atomic E-state index is 2.29. The van der Waals surface area contributed by atoms with Crippen molar-refractivity contribution in [2.24, 2.45) is 0 Å². The molecule has 0 spiro atoms. The van der Waals surface area contributed by atoms with Gasteiger partial charge in [0.15, 0.2) is 0 Å². The van der Waals surface area contributed by atoms with E-state index in [0.717, 1.165) is 0 Å². The van der Waals surface area contributed by atoms with Crippen molar-refractivity contribution in [3.8, 4) is 0 Å².